The summed E-state index contributed by atoms with van der Waals surface area (Å²) in [5, 5.41) is 8.49. The number of aliphatic carboxylic acids is 1. The molecule has 1 aromatic rings. The molecule has 0 saturated carbocycles. The van der Waals surface area contributed by atoms with Crippen LogP contribution in [0.25, 0.3) is 6.08 Å². The third-order valence-electron chi connectivity index (χ3n) is 2.39. The Hall–Kier alpha value is -1.61. The molecule has 0 unspecified atom stereocenters. The Kier molecular flexibility index (Phi) is 4.73. The second-order valence-electron chi connectivity index (χ2n) is 3.74. The molecule has 0 radical (unpaired) electrons. The summed E-state index contributed by atoms with van der Waals surface area (Å²) in [5.74, 6) is -0.921. The van der Waals surface area contributed by atoms with Crippen molar-refractivity contribution in [2.75, 3.05) is 13.6 Å². The molecule has 0 heterocycles. The molecule has 0 atom stereocenters. The van der Waals surface area contributed by atoms with Crippen molar-refractivity contribution in [2.45, 2.75) is 13.5 Å². The van der Waals surface area contributed by atoms with Crippen LogP contribution in [0.2, 0.25) is 0 Å². The molecule has 3 nitrogen and oxygen atoms in total. The van der Waals surface area contributed by atoms with Crippen LogP contribution in [-0.2, 0) is 11.3 Å². The van der Waals surface area contributed by atoms with Crippen LogP contribution in [0.5, 0.6) is 0 Å². The van der Waals surface area contributed by atoms with Crippen molar-refractivity contribution < 1.29 is 9.90 Å². The lowest BCUT2D eigenvalue weighted by atomic mass is 10.1. The molecular formula is C13H17NO2. The minimum atomic E-state index is -0.921. The van der Waals surface area contributed by atoms with Crippen molar-refractivity contribution in [3.05, 3.63) is 41.5 Å². The van der Waals surface area contributed by atoms with Crippen molar-refractivity contribution in [3.8, 4) is 0 Å². The predicted octanol–water partition coefficient (Wildman–Crippen LogP) is 2.24. The summed E-state index contributed by atoms with van der Waals surface area (Å²) in [6.45, 7) is 4.05. The summed E-state index contributed by atoms with van der Waals surface area (Å²) >= 11 is 0. The average Bonchev–Trinajstić information content (AvgIpc) is 2.28. The van der Waals surface area contributed by atoms with Crippen LogP contribution in [0.3, 0.4) is 0 Å². The fourth-order valence-electron chi connectivity index (χ4n) is 1.33. The van der Waals surface area contributed by atoms with E-state index in [2.05, 4.69) is 18.9 Å². The maximum absolute atomic E-state index is 10.3. The van der Waals surface area contributed by atoms with E-state index in [0.717, 1.165) is 24.7 Å². The number of hydrogen-bond donors (Lipinski definition) is 1. The summed E-state index contributed by atoms with van der Waals surface area (Å²) < 4.78 is 0. The topological polar surface area (TPSA) is 40.5 Å². The summed E-state index contributed by atoms with van der Waals surface area (Å²) in [5.41, 5.74) is 2.14. The standard InChI is InChI=1S/C13H17NO2/c1-3-14(2)10-12-6-4-11(5-7-12)8-9-13(15)16/h4-9H,3,10H2,1-2H3,(H,15,16)/b9-8+. The molecule has 1 rings (SSSR count). The second-order valence-corrected chi connectivity index (χ2v) is 3.74. The number of carboxylic acids is 1. The zero-order chi connectivity index (χ0) is 12.0. The molecule has 0 fully saturated rings. The quantitative estimate of drug-likeness (QED) is 0.772. The zero-order valence-electron chi connectivity index (χ0n) is 9.68. The molecule has 0 bridgehead atoms. The van der Waals surface area contributed by atoms with Gasteiger partial charge in [0.25, 0.3) is 0 Å². The van der Waals surface area contributed by atoms with E-state index in [1.807, 2.05) is 24.3 Å². The number of nitrogens with zero attached hydrogens (tertiary/aromatic N) is 1. The van der Waals surface area contributed by atoms with Gasteiger partial charge in [0, 0.05) is 12.6 Å². The summed E-state index contributed by atoms with van der Waals surface area (Å²) in [6.07, 6.45) is 2.74. The Balaban J connectivity index is 2.64. The summed E-state index contributed by atoms with van der Waals surface area (Å²) in [6, 6.07) is 7.90. The van der Waals surface area contributed by atoms with Gasteiger partial charge in [0.1, 0.15) is 0 Å². The molecule has 0 aromatic heterocycles. The van der Waals surface area contributed by atoms with E-state index in [-0.39, 0.29) is 0 Å². The van der Waals surface area contributed by atoms with Crippen LogP contribution in [0.4, 0.5) is 0 Å². The highest BCUT2D eigenvalue weighted by Gasteiger charge is 1.97. The first-order valence-electron chi connectivity index (χ1n) is 5.30. The zero-order valence-corrected chi connectivity index (χ0v) is 9.68. The second kappa shape index (κ2) is 6.08. The van der Waals surface area contributed by atoms with Gasteiger partial charge in [-0.3, -0.25) is 0 Å². The number of hydrogen-bond acceptors (Lipinski definition) is 2. The molecule has 0 aliphatic heterocycles. The van der Waals surface area contributed by atoms with Crippen LogP contribution < -0.4 is 0 Å². The van der Waals surface area contributed by atoms with Gasteiger partial charge in [-0.2, -0.15) is 0 Å². The molecule has 1 N–H and O–H groups in total. The summed E-state index contributed by atoms with van der Waals surface area (Å²) in [7, 11) is 2.07. The summed E-state index contributed by atoms with van der Waals surface area (Å²) in [4.78, 5) is 12.5. The molecule has 0 amide bonds. The van der Waals surface area contributed by atoms with Gasteiger partial charge in [0.2, 0.25) is 0 Å². The lowest BCUT2D eigenvalue weighted by molar-refractivity contribution is -0.131. The van der Waals surface area contributed by atoms with Gasteiger partial charge in [-0.05, 0) is 30.8 Å². The average molecular weight is 219 g/mol. The molecule has 0 aliphatic carbocycles. The monoisotopic (exact) mass is 219 g/mol. The Morgan fingerprint density at radius 2 is 2.00 bits per heavy atom. The van der Waals surface area contributed by atoms with E-state index < -0.39 is 5.97 Å². The minimum absolute atomic E-state index is 0.908. The van der Waals surface area contributed by atoms with Crippen LogP contribution in [0, 0.1) is 0 Å². The number of benzene rings is 1. The van der Waals surface area contributed by atoms with Gasteiger partial charge in [-0.1, -0.05) is 31.2 Å². The lowest BCUT2D eigenvalue weighted by Crippen LogP contribution is -2.16. The first-order valence-corrected chi connectivity index (χ1v) is 5.30. The molecule has 16 heavy (non-hydrogen) atoms. The molecular weight excluding hydrogens is 202 g/mol. The highest BCUT2D eigenvalue weighted by atomic mass is 16.4. The molecule has 3 heteroatoms. The highest BCUT2D eigenvalue weighted by Crippen LogP contribution is 2.08. The lowest BCUT2D eigenvalue weighted by Gasteiger charge is -2.13. The fourth-order valence-corrected chi connectivity index (χ4v) is 1.33. The van der Waals surface area contributed by atoms with Gasteiger partial charge in [-0.25, -0.2) is 4.79 Å². The maximum Gasteiger partial charge on any atom is 0.328 e. The maximum atomic E-state index is 10.3. The van der Waals surface area contributed by atoms with E-state index in [1.165, 1.54) is 5.56 Å². The van der Waals surface area contributed by atoms with E-state index in [0.29, 0.717) is 0 Å². The van der Waals surface area contributed by atoms with Crippen molar-refractivity contribution in [1.82, 2.24) is 4.90 Å². The van der Waals surface area contributed by atoms with Crippen molar-refractivity contribution >= 4 is 12.0 Å². The number of rotatable bonds is 5. The van der Waals surface area contributed by atoms with E-state index in [9.17, 15) is 4.79 Å². The smallest absolute Gasteiger partial charge is 0.328 e. The third-order valence-corrected chi connectivity index (χ3v) is 2.39. The van der Waals surface area contributed by atoms with Gasteiger partial charge in [0.05, 0.1) is 0 Å². The van der Waals surface area contributed by atoms with Crippen LogP contribution >= 0.6 is 0 Å². The van der Waals surface area contributed by atoms with Crippen LogP contribution in [-0.4, -0.2) is 29.6 Å². The molecule has 86 valence electrons. The Labute approximate surface area is 96.0 Å². The van der Waals surface area contributed by atoms with Gasteiger partial charge in [0.15, 0.2) is 0 Å². The van der Waals surface area contributed by atoms with Crippen molar-refractivity contribution in [1.29, 1.82) is 0 Å². The molecule has 0 spiro atoms. The SMILES string of the molecule is CCN(C)Cc1ccc(/C=C/C(=O)O)cc1. The van der Waals surface area contributed by atoms with Crippen LogP contribution in [0.1, 0.15) is 18.1 Å². The predicted molar refractivity (Wildman–Crippen MR) is 65.1 cm³/mol. The minimum Gasteiger partial charge on any atom is -0.478 e. The van der Waals surface area contributed by atoms with Crippen LogP contribution in [0.15, 0.2) is 30.3 Å². The Morgan fingerprint density at radius 1 is 1.38 bits per heavy atom. The third kappa shape index (κ3) is 4.28. The molecule has 0 aliphatic rings. The largest absolute Gasteiger partial charge is 0.478 e. The van der Waals surface area contributed by atoms with Gasteiger partial charge < -0.3 is 10.0 Å². The van der Waals surface area contributed by atoms with E-state index in [4.69, 9.17) is 5.11 Å². The highest BCUT2D eigenvalue weighted by molar-refractivity contribution is 5.85. The molecule has 0 saturated heterocycles. The van der Waals surface area contributed by atoms with Crippen molar-refractivity contribution in [3.63, 3.8) is 0 Å². The van der Waals surface area contributed by atoms with E-state index >= 15 is 0 Å². The first-order chi connectivity index (χ1) is 7.61. The van der Waals surface area contributed by atoms with Crippen molar-refractivity contribution in [2.24, 2.45) is 0 Å². The normalized spacial score (nSPS) is 11.2. The van der Waals surface area contributed by atoms with Gasteiger partial charge >= 0.3 is 5.97 Å². The molecule has 1 aromatic carbocycles. The number of carboxylic acid groups (broad SMARTS) is 1. The fraction of sp³-hybridized carbons (Fsp3) is 0.308. The Bertz CT molecular complexity index is 368. The first kappa shape index (κ1) is 12.5. The number of carbonyl (C=O) groups is 1. The van der Waals surface area contributed by atoms with Gasteiger partial charge in [-0.15, -0.1) is 0 Å². The van der Waals surface area contributed by atoms with E-state index in [1.54, 1.807) is 6.08 Å². The Morgan fingerprint density at radius 3 is 2.50 bits per heavy atom.